The van der Waals surface area contributed by atoms with E-state index >= 15 is 0 Å². The summed E-state index contributed by atoms with van der Waals surface area (Å²) in [6, 6.07) is 17.8. The van der Waals surface area contributed by atoms with Gasteiger partial charge < -0.3 is 9.84 Å². The smallest absolute Gasteiger partial charge is 0.234 e. The Labute approximate surface area is 150 Å². The fourth-order valence-electron chi connectivity index (χ4n) is 2.39. The second-order valence-corrected chi connectivity index (χ2v) is 6.58. The molecule has 0 aliphatic heterocycles. The van der Waals surface area contributed by atoms with Crippen LogP contribution in [0.15, 0.2) is 59.1 Å². The van der Waals surface area contributed by atoms with E-state index in [1.807, 2.05) is 42.5 Å². The fraction of sp³-hybridized carbons (Fsp3) is 0.211. The highest BCUT2D eigenvalue weighted by Gasteiger charge is 2.10. The maximum absolute atomic E-state index is 12.2. The van der Waals surface area contributed by atoms with E-state index in [4.69, 9.17) is 4.52 Å². The number of carbonyl (C=O) groups excluding carboxylic acids is 1. The van der Waals surface area contributed by atoms with Crippen molar-refractivity contribution in [1.29, 1.82) is 0 Å². The number of nitrogens with zero attached hydrogens (tertiary/aromatic N) is 2. The Kier molecular flexibility index (Phi) is 5.85. The number of aromatic nitrogens is 2. The van der Waals surface area contributed by atoms with Gasteiger partial charge in [0.15, 0.2) is 5.82 Å². The molecule has 0 aliphatic carbocycles. The van der Waals surface area contributed by atoms with E-state index in [0.717, 1.165) is 17.0 Å². The van der Waals surface area contributed by atoms with Gasteiger partial charge in [0, 0.05) is 11.4 Å². The molecule has 2 aromatic carbocycles. The van der Waals surface area contributed by atoms with Gasteiger partial charge in [-0.3, -0.25) is 4.79 Å². The van der Waals surface area contributed by atoms with E-state index in [0.29, 0.717) is 23.9 Å². The van der Waals surface area contributed by atoms with Crippen LogP contribution < -0.4 is 5.32 Å². The van der Waals surface area contributed by atoms with Crippen molar-refractivity contribution in [3.05, 3.63) is 77.4 Å². The topological polar surface area (TPSA) is 68.0 Å². The lowest BCUT2D eigenvalue weighted by Crippen LogP contribution is -2.15. The number of amides is 1. The first-order valence-corrected chi connectivity index (χ1v) is 9.15. The Morgan fingerprint density at radius 2 is 1.88 bits per heavy atom. The van der Waals surface area contributed by atoms with Gasteiger partial charge in [0.2, 0.25) is 11.8 Å². The summed E-state index contributed by atoms with van der Waals surface area (Å²) in [5.74, 6) is 2.35. The Morgan fingerprint density at radius 1 is 1.12 bits per heavy atom. The van der Waals surface area contributed by atoms with E-state index in [-0.39, 0.29) is 5.91 Å². The minimum Gasteiger partial charge on any atom is -0.339 e. The van der Waals surface area contributed by atoms with Crippen molar-refractivity contribution in [3.63, 3.8) is 0 Å². The number of thioether (sulfide) groups is 1. The molecule has 3 rings (SSSR count). The molecule has 0 unspecified atom stereocenters. The molecule has 0 spiro atoms. The molecule has 0 radical (unpaired) electrons. The van der Waals surface area contributed by atoms with Crippen LogP contribution >= 0.6 is 11.8 Å². The monoisotopic (exact) mass is 353 g/mol. The average Bonchev–Trinajstić information content (AvgIpc) is 3.02. The molecule has 3 aromatic rings. The summed E-state index contributed by atoms with van der Waals surface area (Å²) < 4.78 is 5.16. The first-order valence-electron chi connectivity index (χ1n) is 7.99. The predicted molar refractivity (Wildman–Crippen MR) is 99.5 cm³/mol. The van der Waals surface area contributed by atoms with Gasteiger partial charge in [0.25, 0.3) is 0 Å². The molecular formula is C19H19N3O2S. The van der Waals surface area contributed by atoms with Crippen LogP contribution in [0.4, 0.5) is 5.69 Å². The van der Waals surface area contributed by atoms with Gasteiger partial charge >= 0.3 is 0 Å². The Hall–Kier alpha value is -2.60. The summed E-state index contributed by atoms with van der Waals surface area (Å²) in [4.78, 5) is 16.4. The lowest BCUT2D eigenvalue weighted by Gasteiger charge is -2.09. The highest BCUT2D eigenvalue weighted by Crippen LogP contribution is 2.19. The zero-order valence-electron chi connectivity index (χ0n) is 13.9. The van der Waals surface area contributed by atoms with E-state index in [2.05, 4.69) is 27.6 Å². The van der Waals surface area contributed by atoms with Crippen molar-refractivity contribution >= 4 is 23.4 Å². The van der Waals surface area contributed by atoms with Crippen molar-refractivity contribution in [2.45, 2.75) is 19.1 Å². The third-order valence-corrected chi connectivity index (χ3v) is 4.55. The standard InChI is InChI=1S/C19H19N3O2S/c1-14-20-19(24-22-14)11-16-9-5-6-10-17(16)21-18(23)13-25-12-15-7-3-2-4-8-15/h2-10H,11-13H2,1H3,(H,21,23). The Bertz CT molecular complexity index is 833. The number of benzene rings is 2. The third kappa shape index (κ3) is 5.19. The summed E-state index contributed by atoms with van der Waals surface area (Å²) in [5, 5.41) is 6.77. The van der Waals surface area contributed by atoms with Crippen molar-refractivity contribution in [2.75, 3.05) is 11.1 Å². The van der Waals surface area contributed by atoms with Crippen LogP contribution in [0.25, 0.3) is 0 Å². The molecule has 0 saturated carbocycles. The first-order chi connectivity index (χ1) is 12.2. The Balaban J connectivity index is 1.56. The van der Waals surface area contributed by atoms with Crippen LogP contribution in [0, 0.1) is 6.92 Å². The van der Waals surface area contributed by atoms with Crippen molar-refractivity contribution in [3.8, 4) is 0 Å². The molecule has 0 atom stereocenters. The lowest BCUT2D eigenvalue weighted by molar-refractivity contribution is -0.113. The summed E-state index contributed by atoms with van der Waals surface area (Å²) in [7, 11) is 0. The van der Waals surface area contributed by atoms with Gasteiger partial charge in [-0.2, -0.15) is 4.98 Å². The van der Waals surface area contributed by atoms with E-state index < -0.39 is 0 Å². The summed E-state index contributed by atoms with van der Waals surface area (Å²) >= 11 is 1.59. The number of anilines is 1. The van der Waals surface area contributed by atoms with Crippen LogP contribution in [-0.2, 0) is 17.0 Å². The van der Waals surface area contributed by atoms with Gasteiger partial charge in [-0.15, -0.1) is 11.8 Å². The SMILES string of the molecule is Cc1noc(Cc2ccccc2NC(=O)CSCc2ccccc2)n1. The largest absolute Gasteiger partial charge is 0.339 e. The molecule has 1 amide bonds. The van der Waals surface area contributed by atoms with Gasteiger partial charge in [-0.1, -0.05) is 53.7 Å². The second kappa shape index (κ2) is 8.48. The zero-order chi connectivity index (χ0) is 17.5. The zero-order valence-corrected chi connectivity index (χ0v) is 14.8. The van der Waals surface area contributed by atoms with E-state index in [9.17, 15) is 4.79 Å². The molecule has 1 N–H and O–H groups in total. The van der Waals surface area contributed by atoms with E-state index in [1.165, 1.54) is 5.56 Å². The number of nitrogens with one attached hydrogen (secondary N) is 1. The highest BCUT2D eigenvalue weighted by molar-refractivity contribution is 7.99. The highest BCUT2D eigenvalue weighted by atomic mass is 32.2. The normalized spacial score (nSPS) is 10.6. The quantitative estimate of drug-likeness (QED) is 0.699. The molecule has 0 bridgehead atoms. The van der Waals surface area contributed by atoms with Gasteiger partial charge in [0.1, 0.15) is 0 Å². The number of carbonyl (C=O) groups is 1. The lowest BCUT2D eigenvalue weighted by atomic mass is 10.1. The molecule has 0 fully saturated rings. The van der Waals surface area contributed by atoms with Crippen LogP contribution in [0.5, 0.6) is 0 Å². The van der Waals surface area contributed by atoms with Crippen molar-refractivity contribution in [1.82, 2.24) is 10.1 Å². The molecule has 6 heteroatoms. The fourth-order valence-corrected chi connectivity index (χ4v) is 3.18. The van der Waals surface area contributed by atoms with Gasteiger partial charge in [-0.05, 0) is 24.1 Å². The first kappa shape index (κ1) is 17.2. The molecular weight excluding hydrogens is 334 g/mol. The van der Waals surface area contributed by atoms with Crippen LogP contribution in [0.3, 0.4) is 0 Å². The van der Waals surface area contributed by atoms with Crippen molar-refractivity contribution in [2.24, 2.45) is 0 Å². The number of rotatable bonds is 7. The van der Waals surface area contributed by atoms with E-state index in [1.54, 1.807) is 18.7 Å². The van der Waals surface area contributed by atoms with Crippen LogP contribution in [-0.4, -0.2) is 21.8 Å². The summed E-state index contributed by atoms with van der Waals surface area (Å²) in [6.45, 7) is 1.78. The number of aryl methyl sites for hydroxylation is 1. The third-order valence-electron chi connectivity index (χ3n) is 3.55. The number of hydrogen-bond donors (Lipinski definition) is 1. The molecule has 1 aromatic heterocycles. The van der Waals surface area contributed by atoms with Gasteiger partial charge in [0.05, 0.1) is 12.2 Å². The molecule has 0 saturated heterocycles. The number of para-hydroxylation sites is 1. The maximum atomic E-state index is 12.2. The second-order valence-electron chi connectivity index (χ2n) is 5.60. The van der Waals surface area contributed by atoms with Crippen LogP contribution in [0.1, 0.15) is 22.8 Å². The predicted octanol–water partition coefficient (Wildman–Crippen LogP) is 3.84. The molecule has 25 heavy (non-hydrogen) atoms. The summed E-state index contributed by atoms with van der Waals surface area (Å²) in [5.41, 5.74) is 2.95. The molecule has 5 nitrogen and oxygen atoms in total. The molecule has 1 heterocycles. The minimum atomic E-state index is -0.0184. The minimum absolute atomic E-state index is 0.0184. The number of hydrogen-bond acceptors (Lipinski definition) is 5. The molecule has 128 valence electrons. The summed E-state index contributed by atoms with van der Waals surface area (Å²) in [6.07, 6.45) is 0.494. The van der Waals surface area contributed by atoms with Gasteiger partial charge in [-0.25, -0.2) is 0 Å². The maximum Gasteiger partial charge on any atom is 0.234 e. The average molecular weight is 353 g/mol. The molecule has 0 aliphatic rings. The Morgan fingerprint density at radius 3 is 2.64 bits per heavy atom. The van der Waals surface area contributed by atoms with Crippen molar-refractivity contribution < 1.29 is 9.32 Å². The van der Waals surface area contributed by atoms with Crippen LogP contribution in [0.2, 0.25) is 0 Å².